The first-order valence-corrected chi connectivity index (χ1v) is 14.7. The van der Waals surface area contributed by atoms with Gasteiger partial charge in [0.25, 0.3) is 0 Å². The molecule has 0 spiro atoms. The fourth-order valence-corrected chi connectivity index (χ4v) is 5.57. The lowest BCUT2D eigenvalue weighted by molar-refractivity contribution is -0.121. The van der Waals surface area contributed by atoms with E-state index >= 15 is 0 Å². The van der Waals surface area contributed by atoms with Gasteiger partial charge in [-0.15, -0.1) is 0 Å². The van der Waals surface area contributed by atoms with Gasteiger partial charge in [-0.25, -0.2) is 0 Å². The second-order valence-electron chi connectivity index (χ2n) is 10.9. The first kappa shape index (κ1) is 29.4. The van der Waals surface area contributed by atoms with E-state index in [-0.39, 0.29) is 17.9 Å². The number of para-hydroxylation sites is 1. The summed E-state index contributed by atoms with van der Waals surface area (Å²) in [5.41, 5.74) is 5.96. The standard InChI is InChI=1S/C35H45N3O2/c1-6-37(7-2)22-10-11-27(4)36-35(39)23-32(29-18-14-26(3)15-19-29)33-25-38(34-13-9-8-12-31(33)34)24-28-16-20-30(40-5)21-17-28/h8-9,12-21,25,27,32H,6-7,10-11,22-24H2,1-5H3,(H,36,39)/t27-,32-/m0/s1. The number of hydrogen-bond acceptors (Lipinski definition) is 3. The highest BCUT2D eigenvalue weighted by Gasteiger charge is 2.23. The third-order valence-corrected chi connectivity index (χ3v) is 7.99. The van der Waals surface area contributed by atoms with E-state index in [0.29, 0.717) is 6.42 Å². The van der Waals surface area contributed by atoms with Crippen molar-refractivity contribution >= 4 is 16.8 Å². The van der Waals surface area contributed by atoms with Crippen LogP contribution in [0.15, 0.2) is 79.0 Å². The van der Waals surface area contributed by atoms with Crippen molar-refractivity contribution in [1.82, 2.24) is 14.8 Å². The molecule has 0 unspecified atom stereocenters. The van der Waals surface area contributed by atoms with E-state index in [1.165, 1.54) is 33.2 Å². The van der Waals surface area contributed by atoms with Crippen molar-refractivity contribution in [1.29, 1.82) is 0 Å². The van der Waals surface area contributed by atoms with Gasteiger partial charge in [0.15, 0.2) is 0 Å². The van der Waals surface area contributed by atoms with Crippen LogP contribution in [0.5, 0.6) is 5.75 Å². The Morgan fingerprint density at radius 2 is 1.68 bits per heavy atom. The number of ether oxygens (including phenoxy) is 1. The van der Waals surface area contributed by atoms with Gasteiger partial charge in [-0.2, -0.15) is 0 Å². The molecule has 0 fully saturated rings. The Balaban J connectivity index is 1.58. The van der Waals surface area contributed by atoms with Crippen LogP contribution in [0.25, 0.3) is 10.9 Å². The molecular weight excluding hydrogens is 494 g/mol. The van der Waals surface area contributed by atoms with E-state index in [0.717, 1.165) is 44.8 Å². The van der Waals surface area contributed by atoms with Gasteiger partial charge in [-0.05, 0) is 81.2 Å². The van der Waals surface area contributed by atoms with Gasteiger partial charge in [0.05, 0.1) is 7.11 Å². The number of methoxy groups -OCH3 is 1. The lowest BCUT2D eigenvalue weighted by Crippen LogP contribution is -2.34. The van der Waals surface area contributed by atoms with Gasteiger partial charge >= 0.3 is 0 Å². The van der Waals surface area contributed by atoms with Crippen LogP contribution in [-0.2, 0) is 11.3 Å². The number of nitrogens with zero attached hydrogens (tertiary/aromatic N) is 2. The van der Waals surface area contributed by atoms with Crippen LogP contribution in [0.4, 0.5) is 0 Å². The minimum absolute atomic E-state index is 0.0366. The molecule has 0 radical (unpaired) electrons. The van der Waals surface area contributed by atoms with Crippen LogP contribution in [0.3, 0.4) is 0 Å². The predicted octanol–water partition coefficient (Wildman–Crippen LogP) is 7.16. The monoisotopic (exact) mass is 539 g/mol. The van der Waals surface area contributed by atoms with E-state index < -0.39 is 0 Å². The van der Waals surface area contributed by atoms with Crippen LogP contribution in [0.1, 0.15) is 68.2 Å². The summed E-state index contributed by atoms with van der Waals surface area (Å²) in [5.74, 6) is 0.924. The summed E-state index contributed by atoms with van der Waals surface area (Å²) in [5, 5.41) is 4.50. The maximum absolute atomic E-state index is 13.4. The summed E-state index contributed by atoms with van der Waals surface area (Å²) < 4.78 is 7.65. The highest BCUT2D eigenvalue weighted by atomic mass is 16.5. The van der Waals surface area contributed by atoms with E-state index in [1.54, 1.807) is 7.11 Å². The molecule has 40 heavy (non-hydrogen) atoms. The minimum Gasteiger partial charge on any atom is -0.497 e. The van der Waals surface area contributed by atoms with Crippen LogP contribution >= 0.6 is 0 Å². The average Bonchev–Trinajstić information content (AvgIpc) is 3.33. The van der Waals surface area contributed by atoms with Gasteiger partial charge in [0.2, 0.25) is 5.91 Å². The number of aryl methyl sites for hydroxylation is 1. The highest BCUT2D eigenvalue weighted by molar-refractivity contribution is 5.87. The molecule has 5 nitrogen and oxygen atoms in total. The number of aromatic nitrogens is 1. The number of rotatable bonds is 14. The van der Waals surface area contributed by atoms with Crippen molar-refractivity contribution < 1.29 is 9.53 Å². The van der Waals surface area contributed by atoms with Crippen molar-refractivity contribution in [2.45, 2.75) is 65.5 Å². The van der Waals surface area contributed by atoms with E-state index in [1.807, 2.05) is 12.1 Å². The molecule has 5 heteroatoms. The molecule has 0 aliphatic heterocycles. The van der Waals surface area contributed by atoms with E-state index in [4.69, 9.17) is 4.74 Å². The Morgan fingerprint density at radius 3 is 2.35 bits per heavy atom. The average molecular weight is 540 g/mol. The highest BCUT2D eigenvalue weighted by Crippen LogP contribution is 2.35. The zero-order valence-corrected chi connectivity index (χ0v) is 24.8. The summed E-state index contributed by atoms with van der Waals surface area (Å²) in [4.78, 5) is 15.9. The van der Waals surface area contributed by atoms with Crippen LogP contribution in [0, 0.1) is 6.92 Å². The molecule has 0 aliphatic rings. The largest absolute Gasteiger partial charge is 0.497 e. The molecule has 1 heterocycles. The predicted molar refractivity (Wildman–Crippen MR) is 166 cm³/mol. The van der Waals surface area contributed by atoms with Crippen LogP contribution in [-0.4, -0.2) is 48.2 Å². The number of hydrogen-bond donors (Lipinski definition) is 1. The lowest BCUT2D eigenvalue weighted by atomic mass is 9.87. The second-order valence-corrected chi connectivity index (χ2v) is 10.9. The molecule has 1 aromatic heterocycles. The van der Waals surface area contributed by atoms with Gasteiger partial charge in [-0.3, -0.25) is 4.79 Å². The van der Waals surface area contributed by atoms with Crippen LogP contribution in [0.2, 0.25) is 0 Å². The number of carbonyl (C=O) groups is 1. The molecule has 0 saturated heterocycles. The topological polar surface area (TPSA) is 46.5 Å². The molecule has 0 aliphatic carbocycles. The molecule has 4 rings (SSSR count). The third kappa shape index (κ3) is 7.54. The first-order chi connectivity index (χ1) is 19.4. The van der Waals surface area contributed by atoms with Gasteiger partial charge in [-0.1, -0.05) is 74.0 Å². The number of benzene rings is 3. The number of amides is 1. The maximum atomic E-state index is 13.4. The van der Waals surface area contributed by atoms with Crippen LogP contribution < -0.4 is 10.1 Å². The van der Waals surface area contributed by atoms with Gasteiger partial charge in [0.1, 0.15) is 5.75 Å². The molecule has 0 bridgehead atoms. The quantitative estimate of drug-likeness (QED) is 0.185. The summed E-state index contributed by atoms with van der Waals surface area (Å²) in [6, 6.07) is 25.6. The maximum Gasteiger partial charge on any atom is 0.221 e. The molecule has 212 valence electrons. The molecule has 4 aromatic rings. The molecular formula is C35H45N3O2. The van der Waals surface area contributed by atoms with Crippen molar-refractivity contribution in [3.05, 3.63) is 101 Å². The molecule has 1 amide bonds. The minimum atomic E-state index is -0.0366. The van der Waals surface area contributed by atoms with E-state index in [2.05, 4.69) is 109 Å². The SMILES string of the molecule is CCN(CC)CCC[C@H](C)NC(=O)C[C@@H](c1ccc(C)cc1)c1cn(Cc2ccc(OC)cc2)c2ccccc12. The van der Waals surface area contributed by atoms with Crippen molar-refractivity contribution in [2.24, 2.45) is 0 Å². The van der Waals surface area contributed by atoms with Gasteiger partial charge < -0.3 is 19.5 Å². The normalized spacial score (nSPS) is 12.9. The Hall–Kier alpha value is -3.57. The van der Waals surface area contributed by atoms with E-state index in [9.17, 15) is 4.79 Å². The fourth-order valence-electron chi connectivity index (χ4n) is 5.57. The van der Waals surface area contributed by atoms with Crippen molar-refractivity contribution in [2.75, 3.05) is 26.7 Å². The van der Waals surface area contributed by atoms with Crippen molar-refractivity contribution in [3.63, 3.8) is 0 Å². The third-order valence-electron chi connectivity index (χ3n) is 7.99. The Morgan fingerprint density at radius 1 is 0.975 bits per heavy atom. The number of carbonyl (C=O) groups excluding carboxylic acids is 1. The zero-order chi connectivity index (χ0) is 28.5. The summed E-state index contributed by atoms with van der Waals surface area (Å²) in [6.07, 6.45) is 4.74. The second kappa shape index (κ2) is 14.2. The summed E-state index contributed by atoms with van der Waals surface area (Å²) in [6.45, 7) is 12.6. The molecule has 1 N–H and O–H groups in total. The molecule has 0 saturated carbocycles. The summed E-state index contributed by atoms with van der Waals surface area (Å²) in [7, 11) is 1.69. The fraction of sp³-hybridized carbons (Fsp3) is 0.400. The molecule has 2 atom stereocenters. The Kier molecular flexibility index (Phi) is 10.4. The lowest BCUT2D eigenvalue weighted by Gasteiger charge is -2.21. The number of fused-ring (bicyclic) bond motifs is 1. The zero-order valence-electron chi connectivity index (χ0n) is 24.8. The molecule has 3 aromatic carbocycles. The smallest absolute Gasteiger partial charge is 0.221 e. The Labute approximate surface area is 240 Å². The Bertz CT molecular complexity index is 1350. The van der Waals surface area contributed by atoms with Gasteiger partial charge in [0, 0.05) is 42.0 Å². The first-order valence-electron chi connectivity index (χ1n) is 14.7. The number of nitrogens with one attached hydrogen (secondary N) is 1. The van der Waals surface area contributed by atoms with Crippen molar-refractivity contribution in [3.8, 4) is 5.75 Å². The summed E-state index contributed by atoms with van der Waals surface area (Å²) >= 11 is 0.